The van der Waals surface area contributed by atoms with E-state index in [0.717, 1.165) is 20.5 Å². The molecule has 22 heavy (non-hydrogen) atoms. The smallest absolute Gasteiger partial charge is 0.276 e. The molecule has 0 bridgehead atoms. The molecule has 0 spiro atoms. The SMILES string of the molecule is Cc1nn(CC(=O)NC(C)C)c(=O)c2c1sc1ccccc12. The Balaban J connectivity index is 2.17. The molecule has 114 valence electrons. The number of hydrogen-bond donors (Lipinski definition) is 1. The third-order valence-electron chi connectivity index (χ3n) is 3.39. The van der Waals surface area contributed by atoms with E-state index in [1.807, 2.05) is 45.0 Å². The first-order chi connectivity index (χ1) is 10.5. The second-order valence-electron chi connectivity index (χ2n) is 5.57. The molecule has 2 heterocycles. The minimum atomic E-state index is -0.211. The van der Waals surface area contributed by atoms with Crippen LogP contribution in [0.15, 0.2) is 29.1 Å². The number of benzene rings is 1. The van der Waals surface area contributed by atoms with Crippen LogP contribution in [0, 0.1) is 6.92 Å². The zero-order chi connectivity index (χ0) is 15.9. The van der Waals surface area contributed by atoms with Gasteiger partial charge >= 0.3 is 0 Å². The fourth-order valence-corrected chi connectivity index (χ4v) is 3.66. The zero-order valence-corrected chi connectivity index (χ0v) is 13.5. The standard InChI is InChI=1S/C16H17N3O2S/c1-9(2)17-13(20)8-19-16(21)14-11-6-4-5-7-12(11)22-15(14)10(3)18-19/h4-7,9H,8H2,1-3H3,(H,17,20). The molecule has 0 aliphatic rings. The Morgan fingerprint density at radius 3 is 2.82 bits per heavy atom. The van der Waals surface area contributed by atoms with Crippen molar-refractivity contribution in [1.29, 1.82) is 0 Å². The highest BCUT2D eigenvalue weighted by Crippen LogP contribution is 2.32. The Kier molecular flexibility index (Phi) is 3.70. The van der Waals surface area contributed by atoms with Gasteiger partial charge in [-0.25, -0.2) is 4.68 Å². The first-order valence-electron chi connectivity index (χ1n) is 7.15. The van der Waals surface area contributed by atoms with Crippen LogP contribution in [0.25, 0.3) is 20.2 Å². The van der Waals surface area contributed by atoms with Crippen LogP contribution in [0.5, 0.6) is 0 Å². The van der Waals surface area contributed by atoms with E-state index in [1.54, 1.807) is 11.3 Å². The molecule has 1 amide bonds. The summed E-state index contributed by atoms with van der Waals surface area (Å²) in [5.41, 5.74) is 0.560. The maximum atomic E-state index is 12.7. The predicted octanol–water partition coefficient (Wildman–Crippen LogP) is 2.44. The second-order valence-corrected chi connectivity index (χ2v) is 6.62. The third-order valence-corrected chi connectivity index (χ3v) is 4.67. The summed E-state index contributed by atoms with van der Waals surface area (Å²) >= 11 is 1.56. The normalized spacial score (nSPS) is 11.5. The van der Waals surface area contributed by atoms with Crippen LogP contribution in [-0.2, 0) is 11.3 Å². The Morgan fingerprint density at radius 1 is 1.36 bits per heavy atom. The van der Waals surface area contributed by atoms with Crippen molar-refractivity contribution < 1.29 is 4.79 Å². The Labute approximate surface area is 131 Å². The lowest BCUT2D eigenvalue weighted by atomic mass is 10.2. The van der Waals surface area contributed by atoms with Crippen molar-refractivity contribution in [2.24, 2.45) is 0 Å². The Bertz CT molecular complexity index is 924. The fraction of sp³-hybridized carbons (Fsp3) is 0.312. The molecule has 0 saturated carbocycles. The highest BCUT2D eigenvalue weighted by molar-refractivity contribution is 7.26. The molecule has 0 aliphatic carbocycles. The summed E-state index contributed by atoms with van der Waals surface area (Å²) in [6.45, 7) is 5.58. The largest absolute Gasteiger partial charge is 0.352 e. The van der Waals surface area contributed by atoms with Gasteiger partial charge in [0.05, 0.1) is 15.8 Å². The average Bonchev–Trinajstić information content (AvgIpc) is 2.83. The summed E-state index contributed by atoms with van der Waals surface area (Å²) in [5, 5.41) is 8.66. The van der Waals surface area contributed by atoms with E-state index in [0.29, 0.717) is 5.39 Å². The first-order valence-corrected chi connectivity index (χ1v) is 7.97. The first kappa shape index (κ1) is 14.7. The molecular formula is C16H17N3O2S. The Hall–Kier alpha value is -2.21. The van der Waals surface area contributed by atoms with E-state index >= 15 is 0 Å². The average molecular weight is 315 g/mol. The van der Waals surface area contributed by atoms with Crippen molar-refractivity contribution in [2.75, 3.05) is 0 Å². The number of aryl methyl sites for hydroxylation is 1. The van der Waals surface area contributed by atoms with E-state index in [9.17, 15) is 9.59 Å². The number of carbonyl (C=O) groups excluding carboxylic acids is 1. The number of amides is 1. The molecule has 2 aromatic heterocycles. The van der Waals surface area contributed by atoms with E-state index in [1.165, 1.54) is 4.68 Å². The van der Waals surface area contributed by atoms with Gasteiger partial charge in [-0.05, 0) is 26.8 Å². The summed E-state index contributed by atoms with van der Waals surface area (Å²) < 4.78 is 3.21. The van der Waals surface area contributed by atoms with Gasteiger partial charge in [-0.2, -0.15) is 5.10 Å². The minimum absolute atomic E-state index is 0.0370. The lowest BCUT2D eigenvalue weighted by molar-refractivity contribution is -0.122. The van der Waals surface area contributed by atoms with E-state index in [-0.39, 0.29) is 24.1 Å². The van der Waals surface area contributed by atoms with Gasteiger partial charge in [0.15, 0.2) is 0 Å². The van der Waals surface area contributed by atoms with Gasteiger partial charge in [-0.1, -0.05) is 18.2 Å². The number of carbonyl (C=O) groups is 1. The molecule has 1 aromatic carbocycles. The highest BCUT2D eigenvalue weighted by atomic mass is 32.1. The number of hydrogen-bond acceptors (Lipinski definition) is 4. The van der Waals surface area contributed by atoms with E-state index in [2.05, 4.69) is 10.4 Å². The summed E-state index contributed by atoms with van der Waals surface area (Å²) in [6, 6.07) is 7.84. The quantitative estimate of drug-likeness (QED) is 0.807. The zero-order valence-electron chi connectivity index (χ0n) is 12.7. The fourth-order valence-electron chi connectivity index (χ4n) is 2.52. The molecule has 3 aromatic rings. The molecule has 0 fully saturated rings. The molecule has 0 saturated heterocycles. The van der Waals surface area contributed by atoms with Gasteiger partial charge in [-0.3, -0.25) is 9.59 Å². The van der Waals surface area contributed by atoms with Crippen molar-refractivity contribution in [3.05, 3.63) is 40.3 Å². The van der Waals surface area contributed by atoms with Gasteiger partial charge in [0.2, 0.25) is 5.91 Å². The highest BCUT2D eigenvalue weighted by Gasteiger charge is 2.16. The van der Waals surface area contributed by atoms with Gasteiger partial charge < -0.3 is 5.32 Å². The molecule has 3 rings (SSSR count). The van der Waals surface area contributed by atoms with Crippen molar-refractivity contribution in [3.63, 3.8) is 0 Å². The Morgan fingerprint density at radius 2 is 2.09 bits per heavy atom. The number of rotatable bonds is 3. The number of fused-ring (bicyclic) bond motifs is 3. The maximum absolute atomic E-state index is 12.7. The summed E-state index contributed by atoms with van der Waals surface area (Å²) in [4.78, 5) is 24.6. The molecule has 0 radical (unpaired) electrons. The molecule has 0 atom stereocenters. The topological polar surface area (TPSA) is 64.0 Å². The maximum Gasteiger partial charge on any atom is 0.276 e. The van der Waals surface area contributed by atoms with Gasteiger partial charge in [0, 0.05) is 16.1 Å². The molecule has 5 nitrogen and oxygen atoms in total. The van der Waals surface area contributed by atoms with E-state index in [4.69, 9.17) is 0 Å². The van der Waals surface area contributed by atoms with Crippen LogP contribution >= 0.6 is 11.3 Å². The van der Waals surface area contributed by atoms with Crippen molar-refractivity contribution in [2.45, 2.75) is 33.4 Å². The summed E-state index contributed by atoms with van der Waals surface area (Å²) in [5.74, 6) is -0.206. The number of nitrogens with zero attached hydrogens (tertiary/aromatic N) is 2. The lowest BCUT2D eigenvalue weighted by Crippen LogP contribution is -2.37. The number of nitrogens with one attached hydrogen (secondary N) is 1. The second kappa shape index (κ2) is 5.53. The van der Waals surface area contributed by atoms with Crippen molar-refractivity contribution in [1.82, 2.24) is 15.1 Å². The van der Waals surface area contributed by atoms with Crippen LogP contribution < -0.4 is 10.9 Å². The van der Waals surface area contributed by atoms with Crippen LogP contribution in [0.3, 0.4) is 0 Å². The number of thiophene rings is 1. The molecular weight excluding hydrogens is 298 g/mol. The van der Waals surface area contributed by atoms with Crippen molar-refractivity contribution in [3.8, 4) is 0 Å². The molecule has 0 aliphatic heterocycles. The van der Waals surface area contributed by atoms with Crippen LogP contribution in [0.4, 0.5) is 0 Å². The van der Waals surface area contributed by atoms with Crippen LogP contribution in [-0.4, -0.2) is 21.7 Å². The molecule has 6 heteroatoms. The lowest BCUT2D eigenvalue weighted by Gasteiger charge is -2.10. The predicted molar refractivity (Wildman–Crippen MR) is 89.4 cm³/mol. The third kappa shape index (κ3) is 2.50. The monoisotopic (exact) mass is 315 g/mol. The van der Waals surface area contributed by atoms with E-state index < -0.39 is 0 Å². The van der Waals surface area contributed by atoms with Gasteiger partial charge in [0.25, 0.3) is 5.56 Å². The minimum Gasteiger partial charge on any atom is -0.352 e. The van der Waals surface area contributed by atoms with Gasteiger partial charge in [0.1, 0.15) is 6.54 Å². The number of aromatic nitrogens is 2. The molecule has 1 N–H and O–H groups in total. The summed E-state index contributed by atoms with van der Waals surface area (Å²) in [7, 11) is 0. The van der Waals surface area contributed by atoms with Crippen LogP contribution in [0.1, 0.15) is 19.5 Å². The van der Waals surface area contributed by atoms with Crippen LogP contribution in [0.2, 0.25) is 0 Å². The molecule has 0 unspecified atom stereocenters. The van der Waals surface area contributed by atoms with Gasteiger partial charge in [-0.15, -0.1) is 11.3 Å². The summed E-state index contributed by atoms with van der Waals surface area (Å²) in [6.07, 6.45) is 0. The van der Waals surface area contributed by atoms with Crippen molar-refractivity contribution >= 4 is 37.4 Å².